The van der Waals surface area contributed by atoms with Crippen molar-refractivity contribution in [1.82, 2.24) is 9.55 Å². The lowest BCUT2D eigenvalue weighted by Crippen LogP contribution is -2.16. The van der Waals surface area contributed by atoms with Crippen LogP contribution in [0.25, 0.3) is 11.0 Å². The molecule has 2 fully saturated rings. The summed E-state index contributed by atoms with van der Waals surface area (Å²) in [5, 5.41) is 0.720. The Morgan fingerprint density at radius 1 is 1.26 bits per heavy atom. The zero-order valence-electron chi connectivity index (χ0n) is 10.8. The number of halogens is 1. The summed E-state index contributed by atoms with van der Waals surface area (Å²) in [4.78, 5) is 4.44. The van der Waals surface area contributed by atoms with Crippen LogP contribution in [0.2, 0.25) is 5.02 Å². The van der Waals surface area contributed by atoms with Crippen LogP contribution in [0.1, 0.15) is 25.7 Å². The Morgan fingerprint density at radius 2 is 1.95 bits per heavy atom. The minimum Gasteiger partial charge on any atom is -0.369 e. The molecule has 4 heteroatoms. The van der Waals surface area contributed by atoms with Crippen LogP contribution in [-0.2, 0) is 6.54 Å². The Labute approximate surface area is 117 Å². The molecule has 0 atom stereocenters. The molecular formula is C15H18ClN3. The molecule has 1 heterocycles. The van der Waals surface area contributed by atoms with E-state index in [0.717, 1.165) is 40.4 Å². The Balaban J connectivity index is 1.71. The second kappa shape index (κ2) is 4.14. The first kappa shape index (κ1) is 11.6. The molecule has 0 bridgehead atoms. The number of nitrogens with zero attached hydrogens (tertiary/aromatic N) is 2. The number of nitrogen functional groups attached to an aromatic ring is 1. The summed E-state index contributed by atoms with van der Waals surface area (Å²) in [7, 11) is 0. The molecule has 3 nitrogen and oxygen atoms in total. The van der Waals surface area contributed by atoms with Gasteiger partial charge in [-0.1, -0.05) is 11.6 Å². The fourth-order valence-corrected chi connectivity index (χ4v) is 3.42. The van der Waals surface area contributed by atoms with Crippen molar-refractivity contribution in [3.8, 4) is 0 Å². The zero-order chi connectivity index (χ0) is 13.0. The lowest BCUT2D eigenvalue weighted by molar-refractivity contribution is 0.355. The van der Waals surface area contributed by atoms with E-state index < -0.39 is 0 Å². The first-order valence-electron chi connectivity index (χ1n) is 7.13. The van der Waals surface area contributed by atoms with Gasteiger partial charge in [-0.15, -0.1) is 0 Å². The monoisotopic (exact) mass is 275 g/mol. The van der Waals surface area contributed by atoms with Crippen LogP contribution in [0.3, 0.4) is 0 Å². The molecule has 0 unspecified atom stereocenters. The maximum Gasteiger partial charge on any atom is 0.201 e. The van der Waals surface area contributed by atoms with Crippen molar-refractivity contribution in [3.63, 3.8) is 0 Å². The fraction of sp³-hybridized carbons (Fsp3) is 0.533. The zero-order valence-corrected chi connectivity index (χ0v) is 11.6. The molecule has 4 rings (SSSR count). The molecule has 2 N–H and O–H groups in total. The quantitative estimate of drug-likeness (QED) is 0.924. The molecular weight excluding hydrogens is 258 g/mol. The van der Waals surface area contributed by atoms with Crippen LogP contribution in [0.5, 0.6) is 0 Å². The van der Waals surface area contributed by atoms with Gasteiger partial charge in [0.15, 0.2) is 0 Å². The third-order valence-electron chi connectivity index (χ3n) is 4.59. The average Bonchev–Trinajstić information content (AvgIpc) is 3.24. The molecule has 0 aliphatic heterocycles. The number of fused-ring (bicyclic) bond motifs is 1. The molecule has 100 valence electrons. The van der Waals surface area contributed by atoms with Gasteiger partial charge in [0.1, 0.15) is 0 Å². The second-order valence-corrected chi connectivity index (χ2v) is 6.49. The van der Waals surface area contributed by atoms with Crippen LogP contribution in [0.4, 0.5) is 5.95 Å². The van der Waals surface area contributed by atoms with Crippen LogP contribution in [0, 0.1) is 17.8 Å². The Morgan fingerprint density at radius 3 is 2.58 bits per heavy atom. The standard InChI is InChI=1S/C15H18ClN3/c16-11-5-6-14-13(7-11)18-15(17)19(14)8-12(9-1-2-9)10-3-4-10/h5-7,9-10,12H,1-4,8H2,(H2,17,18). The number of hydrogen-bond acceptors (Lipinski definition) is 2. The number of anilines is 1. The smallest absolute Gasteiger partial charge is 0.201 e. The number of imidazole rings is 1. The van der Waals surface area contributed by atoms with E-state index in [9.17, 15) is 0 Å². The first-order valence-corrected chi connectivity index (χ1v) is 7.51. The van der Waals surface area contributed by atoms with Gasteiger partial charge in [-0.05, 0) is 61.6 Å². The highest BCUT2D eigenvalue weighted by Crippen LogP contribution is 2.50. The van der Waals surface area contributed by atoms with E-state index in [1.54, 1.807) is 0 Å². The van der Waals surface area contributed by atoms with Gasteiger partial charge in [0.25, 0.3) is 0 Å². The van der Waals surface area contributed by atoms with Crippen molar-refractivity contribution in [2.75, 3.05) is 5.73 Å². The van der Waals surface area contributed by atoms with Crippen molar-refractivity contribution in [2.45, 2.75) is 32.2 Å². The van der Waals surface area contributed by atoms with Gasteiger partial charge >= 0.3 is 0 Å². The second-order valence-electron chi connectivity index (χ2n) is 6.05. The first-order chi connectivity index (χ1) is 9.22. The van der Waals surface area contributed by atoms with Gasteiger partial charge in [0, 0.05) is 11.6 Å². The van der Waals surface area contributed by atoms with Gasteiger partial charge in [-0.25, -0.2) is 4.98 Å². The molecule has 2 aliphatic carbocycles. The minimum absolute atomic E-state index is 0.628. The maximum absolute atomic E-state index is 6.10. The fourth-order valence-electron chi connectivity index (χ4n) is 3.26. The van der Waals surface area contributed by atoms with E-state index in [1.165, 1.54) is 25.7 Å². The molecule has 1 aromatic heterocycles. The van der Waals surface area contributed by atoms with E-state index in [0.29, 0.717) is 5.95 Å². The van der Waals surface area contributed by atoms with Gasteiger partial charge in [-0.3, -0.25) is 0 Å². The summed E-state index contributed by atoms with van der Waals surface area (Å²) in [5.41, 5.74) is 8.13. The van der Waals surface area contributed by atoms with Crippen molar-refractivity contribution >= 4 is 28.6 Å². The summed E-state index contributed by atoms with van der Waals surface area (Å²) in [6.07, 6.45) is 5.61. The van der Waals surface area contributed by atoms with Gasteiger partial charge in [-0.2, -0.15) is 0 Å². The number of benzene rings is 1. The molecule has 0 amide bonds. The summed E-state index contributed by atoms with van der Waals surface area (Å²) in [5.74, 6) is 3.28. The number of hydrogen-bond donors (Lipinski definition) is 1. The van der Waals surface area contributed by atoms with Crippen molar-refractivity contribution in [2.24, 2.45) is 17.8 Å². The summed E-state index contributed by atoms with van der Waals surface area (Å²) in [6.45, 7) is 1.03. The molecule has 2 aromatic rings. The van der Waals surface area contributed by atoms with Gasteiger partial charge in [0.05, 0.1) is 11.0 Å². The molecule has 19 heavy (non-hydrogen) atoms. The molecule has 0 radical (unpaired) electrons. The highest BCUT2D eigenvalue weighted by Gasteiger charge is 2.41. The topological polar surface area (TPSA) is 43.8 Å². The third kappa shape index (κ3) is 2.10. The summed E-state index contributed by atoms with van der Waals surface area (Å²) < 4.78 is 2.19. The molecule has 2 aliphatic rings. The average molecular weight is 276 g/mol. The largest absolute Gasteiger partial charge is 0.369 e. The van der Waals surface area contributed by atoms with Crippen LogP contribution >= 0.6 is 11.6 Å². The van der Waals surface area contributed by atoms with E-state index in [1.807, 2.05) is 18.2 Å². The molecule has 0 spiro atoms. The number of rotatable bonds is 4. The Hall–Kier alpha value is -1.22. The highest BCUT2D eigenvalue weighted by molar-refractivity contribution is 6.31. The van der Waals surface area contributed by atoms with Gasteiger partial charge < -0.3 is 10.3 Å². The van der Waals surface area contributed by atoms with Crippen molar-refractivity contribution < 1.29 is 0 Å². The summed E-state index contributed by atoms with van der Waals surface area (Å²) >= 11 is 6.02. The lowest BCUT2D eigenvalue weighted by atomic mass is 9.98. The lowest BCUT2D eigenvalue weighted by Gasteiger charge is -2.17. The SMILES string of the molecule is Nc1nc2cc(Cl)ccc2n1CC(C1CC1)C1CC1. The Kier molecular flexibility index (Phi) is 2.52. The number of nitrogens with two attached hydrogens (primary N) is 1. The van der Waals surface area contributed by atoms with Crippen LogP contribution < -0.4 is 5.73 Å². The normalized spacial score (nSPS) is 19.5. The predicted molar refractivity (Wildman–Crippen MR) is 78.1 cm³/mol. The van der Waals surface area contributed by atoms with Gasteiger partial charge in [0.2, 0.25) is 5.95 Å². The predicted octanol–water partition coefficient (Wildman–Crippen LogP) is 3.71. The van der Waals surface area contributed by atoms with Crippen LogP contribution in [0.15, 0.2) is 18.2 Å². The Bertz CT molecular complexity index is 614. The van der Waals surface area contributed by atoms with Crippen LogP contribution in [-0.4, -0.2) is 9.55 Å². The van der Waals surface area contributed by atoms with E-state index >= 15 is 0 Å². The summed E-state index contributed by atoms with van der Waals surface area (Å²) in [6, 6.07) is 5.86. The minimum atomic E-state index is 0.628. The van der Waals surface area contributed by atoms with Crippen molar-refractivity contribution in [1.29, 1.82) is 0 Å². The highest BCUT2D eigenvalue weighted by atomic mass is 35.5. The third-order valence-corrected chi connectivity index (χ3v) is 4.82. The van der Waals surface area contributed by atoms with E-state index in [4.69, 9.17) is 17.3 Å². The number of aromatic nitrogens is 2. The van der Waals surface area contributed by atoms with E-state index in [2.05, 4.69) is 9.55 Å². The molecule has 2 saturated carbocycles. The van der Waals surface area contributed by atoms with E-state index in [-0.39, 0.29) is 0 Å². The van der Waals surface area contributed by atoms with Crippen molar-refractivity contribution in [3.05, 3.63) is 23.2 Å². The molecule has 0 saturated heterocycles. The maximum atomic E-state index is 6.10. The molecule has 1 aromatic carbocycles.